The van der Waals surface area contributed by atoms with E-state index in [1.54, 1.807) is 0 Å². The van der Waals surface area contributed by atoms with Crippen molar-refractivity contribution in [2.24, 2.45) is 5.73 Å². The fourth-order valence-electron chi connectivity index (χ4n) is 1.46. The predicted molar refractivity (Wildman–Crippen MR) is 55.5 cm³/mol. The molecule has 17 heavy (non-hydrogen) atoms. The van der Waals surface area contributed by atoms with Gasteiger partial charge in [0.2, 0.25) is 5.82 Å². The molecule has 2 N–H and O–H groups in total. The molecule has 0 fully saturated rings. The molecule has 0 saturated heterocycles. The van der Waals surface area contributed by atoms with Crippen LogP contribution in [-0.2, 0) is 18.3 Å². The summed E-state index contributed by atoms with van der Waals surface area (Å²) in [5.74, 6) is -1.19. The van der Waals surface area contributed by atoms with Crippen LogP contribution in [0.15, 0.2) is 4.79 Å². The summed E-state index contributed by atoms with van der Waals surface area (Å²) in [6.45, 7) is 4.55. The highest BCUT2D eigenvalue weighted by molar-refractivity contribution is 4.98. The number of alkyl halides is 3. The topological polar surface area (TPSA) is 65.8 Å². The molecule has 0 saturated carbocycles. The van der Waals surface area contributed by atoms with Crippen LogP contribution in [-0.4, -0.2) is 20.9 Å². The lowest BCUT2D eigenvalue weighted by Gasteiger charge is -2.21. The highest BCUT2D eigenvalue weighted by atomic mass is 19.4. The molecule has 0 atom stereocenters. The maximum atomic E-state index is 12.7. The first-order chi connectivity index (χ1) is 7.59. The number of hydrogen-bond acceptors (Lipinski definition) is 3. The van der Waals surface area contributed by atoms with Gasteiger partial charge in [0.05, 0.1) is 6.54 Å². The van der Waals surface area contributed by atoms with Gasteiger partial charge in [-0.2, -0.15) is 13.2 Å². The summed E-state index contributed by atoms with van der Waals surface area (Å²) in [6.07, 6.45) is -4.66. The summed E-state index contributed by atoms with van der Waals surface area (Å²) in [7, 11) is 0. The second-order valence-corrected chi connectivity index (χ2v) is 4.62. The minimum atomic E-state index is -4.66. The summed E-state index contributed by atoms with van der Waals surface area (Å²) in [4.78, 5) is 11.8. The zero-order valence-corrected chi connectivity index (χ0v) is 9.88. The molecular formula is C9H15F3N4O. The standard InChI is InChI=1S/C9H15F3N4O/c1-8(2,3)16-6(9(10,11)12)14-15(5-4-13)7(16)17/h4-5,13H2,1-3H3. The first-order valence-electron chi connectivity index (χ1n) is 5.06. The Kier molecular flexibility index (Phi) is 3.37. The number of aromatic nitrogens is 3. The molecular weight excluding hydrogens is 237 g/mol. The van der Waals surface area contributed by atoms with Crippen LogP contribution in [0.3, 0.4) is 0 Å². The number of hydrogen-bond donors (Lipinski definition) is 1. The Labute approximate surface area is 96.0 Å². The SMILES string of the molecule is CC(C)(C)n1c(C(F)(F)F)nn(CCN)c1=O. The summed E-state index contributed by atoms with van der Waals surface area (Å²) in [5.41, 5.74) is 3.43. The normalized spacial score (nSPS) is 13.1. The second-order valence-electron chi connectivity index (χ2n) is 4.62. The molecule has 0 radical (unpaired) electrons. The summed E-state index contributed by atoms with van der Waals surface area (Å²) in [5, 5.41) is 3.30. The van der Waals surface area contributed by atoms with Gasteiger partial charge in [0.15, 0.2) is 0 Å². The van der Waals surface area contributed by atoms with Crippen LogP contribution in [0.2, 0.25) is 0 Å². The van der Waals surface area contributed by atoms with Crippen LogP contribution in [0.5, 0.6) is 0 Å². The summed E-state index contributed by atoms with van der Waals surface area (Å²) >= 11 is 0. The van der Waals surface area contributed by atoms with Crippen molar-refractivity contribution >= 4 is 0 Å². The molecule has 1 heterocycles. The molecule has 1 aromatic heterocycles. The van der Waals surface area contributed by atoms with Gasteiger partial charge in [-0.3, -0.25) is 4.57 Å². The van der Waals surface area contributed by atoms with Crippen molar-refractivity contribution in [1.29, 1.82) is 0 Å². The van der Waals surface area contributed by atoms with Crippen molar-refractivity contribution in [2.75, 3.05) is 6.54 Å². The highest BCUT2D eigenvalue weighted by Gasteiger charge is 2.41. The third kappa shape index (κ3) is 2.68. The van der Waals surface area contributed by atoms with Crippen LogP contribution >= 0.6 is 0 Å². The fraction of sp³-hybridized carbons (Fsp3) is 0.778. The van der Waals surface area contributed by atoms with Crippen LogP contribution in [0.4, 0.5) is 13.2 Å². The van der Waals surface area contributed by atoms with E-state index in [1.165, 1.54) is 20.8 Å². The number of rotatable bonds is 2. The Hall–Kier alpha value is -1.31. The lowest BCUT2D eigenvalue weighted by molar-refractivity contribution is -0.149. The molecule has 0 unspecified atom stereocenters. The minimum Gasteiger partial charge on any atom is -0.329 e. The fourth-order valence-corrected chi connectivity index (χ4v) is 1.46. The molecule has 8 heteroatoms. The number of nitrogens with zero attached hydrogens (tertiary/aromatic N) is 3. The molecule has 0 aliphatic heterocycles. The van der Waals surface area contributed by atoms with Crippen molar-refractivity contribution < 1.29 is 13.2 Å². The first-order valence-corrected chi connectivity index (χ1v) is 5.06. The monoisotopic (exact) mass is 252 g/mol. The predicted octanol–water partition coefficient (Wildman–Crippen LogP) is 0.777. The van der Waals surface area contributed by atoms with E-state index in [0.29, 0.717) is 4.57 Å². The highest BCUT2D eigenvalue weighted by Crippen LogP contribution is 2.29. The van der Waals surface area contributed by atoms with E-state index in [0.717, 1.165) is 4.68 Å². The van der Waals surface area contributed by atoms with Gasteiger partial charge in [-0.15, -0.1) is 5.10 Å². The van der Waals surface area contributed by atoms with Gasteiger partial charge in [0.25, 0.3) is 0 Å². The number of nitrogens with two attached hydrogens (primary N) is 1. The van der Waals surface area contributed by atoms with Gasteiger partial charge in [-0.1, -0.05) is 0 Å². The molecule has 0 aromatic carbocycles. The first kappa shape index (κ1) is 13.8. The van der Waals surface area contributed by atoms with Crippen molar-refractivity contribution in [2.45, 2.75) is 39.0 Å². The van der Waals surface area contributed by atoms with E-state index in [1.807, 2.05) is 0 Å². The van der Waals surface area contributed by atoms with Crippen molar-refractivity contribution in [3.8, 4) is 0 Å². The lowest BCUT2D eigenvalue weighted by Crippen LogP contribution is -2.38. The molecule has 0 aliphatic carbocycles. The third-order valence-electron chi connectivity index (χ3n) is 2.10. The van der Waals surface area contributed by atoms with Gasteiger partial charge in [-0.05, 0) is 20.8 Å². The molecule has 0 bridgehead atoms. The van der Waals surface area contributed by atoms with Crippen LogP contribution in [0.1, 0.15) is 26.6 Å². The number of halogens is 3. The minimum absolute atomic E-state index is 0.0367. The van der Waals surface area contributed by atoms with Gasteiger partial charge < -0.3 is 5.73 Å². The van der Waals surface area contributed by atoms with Gasteiger partial charge >= 0.3 is 11.9 Å². The van der Waals surface area contributed by atoms with Gasteiger partial charge in [-0.25, -0.2) is 9.48 Å². The van der Waals surface area contributed by atoms with E-state index >= 15 is 0 Å². The Morgan fingerprint density at radius 2 is 1.82 bits per heavy atom. The molecule has 98 valence electrons. The smallest absolute Gasteiger partial charge is 0.329 e. The van der Waals surface area contributed by atoms with Crippen LogP contribution in [0.25, 0.3) is 0 Å². The average molecular weight is 252 g/mol. The second kappa shape index (κ2) is 4.17. The Morgan fingerprint density at radius 1 is 1.29 bits per heavy atom. The molecule has 0 spiro atoms. The maximum Gasteiger partial charge on any atom is 0.451 e. The van der Waals surface area contributed by atoms with Gasteiger partial charge in [0.1, 0.15) is 0 Å². The van der Waals surface area contributed by atoms with E-state index in [-0.39, 0.29) is 13.1 Å². The van der Waals surface area contributed by atoms with E-state index in [2.05, 4.69) is 5.10 Å². The van der Waals surface area contributed by atoms with E-state index in [4.69, 9.17) is 5.73 Å². The molecule has 0 aliphatic rings. The zero-order valence-electron chi connectivity index (χ0n) is 9.88. The van der Waals surface area contributed by atoms with Gasteiger partial charge in [0, 0.05) is 12.1 Å². The molecule has 1 rings (SSSR count). The molecule has 0 amide bonds. The Bertz CT molecular complexity index is 452. The van der Waals surface area contributed by atoms with E-state index in [9.17, 15) is 18.0 Å². The van der Waals surface area contributed by atoms with Crippen molar-refractivity contribution in [3.63, 3.8) is 0 Å². The quantitative estimate of drug-likeness (QED) is 0.845. The molecule has 1 aromatic rings. The third-order valence-corrected chi connectivity index (χ3v) is 2.10. The van der Waals surface area contributed by atoms with Crippen LogP contribution < -0.4 is 11.4 Å². The van der Waals surface area contributed by atoms with Crippen molar-refractivity contribution in [1.82, 2.24) is 14.3 Å². The summed E-state index contributed by atoms with van der Waals surface area (Å²) < 4.78 is 39.6. The Balaban J connectivity index is 3.50. The zero-order chi connectivity index (χ0) is 13.4. The molecule has 5 nitrogen and oxygen atoms in total. The van der Waals surface area contributed by atoms with Crippen LogP contribution in [0, 0.1) is 0 Å². The van der Waals surface area contributed by atoms with Crippen molar-refractivity contribution in [3.05, 3.63) is 16.3 Å². The van der Waals surface area contributed by atoms with E-state index < -0.39 is 23.2 Å². The lowest BCUT2D eigenvalue weighted by atomic mass is 10.1. The Morgan fingerprint density at radius 3 is 2.12 bits per heavy atom. The largest absolute Gasteiger partial charge is 0.451 e. The summed E-state index contributed by atoms with van der Waals surface area (Å²) in [6, 6.07) is 0. The maximum absolute atomic E-state index is 12.7. The average Bonchev–Trinajstić information content (AvgIpc) is 2.43.